The smallest absolute Gasteiger partial charge is 0.265 e. The molecular formula is C17H13FN2O2. The molecule has 1 aliphatic rings. The molecule has 0 fully saturated rings. The van der Waals surface area contributed by atoms with E-state index in [0.717, 1.165) is 6.07 Å². The Morgan fingerprint density at radius 3 is 2.59 bits per heavy atom. The molecule has 0 aromatic heterocycles. The van der Waals surface area contributed by atoms with Crippen molar-refractivity contribution in [1.29, 1.82) is 5.26 Å². The zero-order valence-corrected chi connectivity index (χ0v) is 11.8. The maximum Gasteiger partial charge on any atom is 0.265 e. The minimum Gasteiger partial charge on any atom is -0.374 e. The number of rotatable bonds is 2. The lowest BCUT2D eigenvalue weighted by Gasteiger charge is -2.27. The fourth-order valence-corrected chi connectivity index (χ4v) is 2.92. The first-order valence-corrected chi connectivity index (χ1v) is 6.75. The van der Waals surface area contributed by atoms with E-state index in [1.807, 2.05) is 6.07 Å². The normalized spacial score (nSPS) is 21.4. The Hall–Kier alpha value is -2.71. The van der Waals surface area contributed by atoms with Gasteiger partial charge in [-0.1, -0.05) is 30.3 Å². The van der Waals surface area contributed by atoms with Crippen molar-refractivity contribution < 1.29 is 14.3 Å². The Kier molecular flexibility index (Phi) is 3.19. The van der Waals surface area contributed by atoms with Crippen LogP contribution in [0, 0.1) is 17.1 Å². The Morgan fingerprint density at radius 1 is 1.27 bits per heavy atom. The molecule has 0 radical (unpaired) electrons. The summed E-state index contributed by atoms with van der Waals surface area (Å²) in [4.78, 5) is 13.8. The number of anilines is 1. The zero-order valence-electron chi connectivity index (χ0n) is 11.8. The number of hydrogen-bond donors (Lipinski definition) is 1. The predicted octanol–water partition coefficient (Wildman–Crippen LogP) is 2.30. The Morgan fingerprint density at radius 2 is 1.95 bits per heavy atom. The molecule has 1 aliphatic heterocycles. The van der Waals surface area contributed by atoms with Crippen LogP contribution in [-0.2, 0) is 10.4 Å². The van der Waals surface area contributed by atoms with Gasteiger partial charge < -0.3 is 10.0 Å². The quantitative estimate of drug-likeness (QED) is 0.924. The zero-order chi connectivity index (χ0) is 15.9. The summed E-state index contributed by atoms with van der Waals surface area (Å²) in [5.41, 5.74) is -1.06. The Bertz CT molecular complexity index is 785. The van der Waals surface area contributed by atoms with Crippen molar-refractivity contribution in [3.63, 3.8) is 0 Å². The number of carbonyl (C=O) groups excluding carboxylic acids is 1. The standard InChI is InChI=1S/C17H13FN2O2/c1-20-15-8-7-12(18)9-13(15)17(22,16(20)21)14(10-19)11-5-3-2-4-6-11/h2-9,14,22H,1H3/t14-,17-/m1/s1. The highest BCUT2D eigenvalue weighted by Gasteiger charge is 2.54. The molecule has 1 amide bonds. The molecule has 0 bridgehead atoms. The highest BCUT2D eigenvalue weighted by molar-refractivity contribution is 6.07. The summed E-state index contributed by atoms with van der Waals surface area (Å²) in [6, 6.07) is 14.3. The van der Waals surface area contributed by atoms with Gasteiger partial charge in [-0.15, -0.1) is 0 Å². The van der Waals surface area contributed by atoms with Crippen molar-refractivity contribution in [2.24, 2.45) is 0 Å². The molecule has 0 saturated heterocycles. The van der Waals surface area contributed by atoms with Crippen LogP contribution in [0.4, 0.5) is 10.1 Å². The van der Waals surface area contributed by atoms with Crippen LogP contribution in [0.3, 0.4) is 0 Å². The molecule has 1 heterocycles. The first kappa shape index (κ1) is 14.2. The van der Waals surface area contributed by atoms with Crippen molar-refractivity contribution >= 4 is 11.6 Å². The minimum absolute atomic E-state index is 0.121. The molecule has 2 aromatic rings. The second-order valence-corrected chi connectivity index (χ2v) is 5.26. The summed E-state index contributed by atoms with van der Waals surface area (Å²) in [5, 5.41) is 20.6. The van der Waals surface area contributed by atoms with Gasteiger partial charge in [0.15, 0.2) is 5.60 Å². The largest absolute Gasteiger partial charge is 0.374 e. The van der Waals surface area contributed by atoms with Crippen LogP contribution in [0.25, 0.3) is 0 Å². The molecule has 110 valence electrons. The van der Waals surface area contributed by atoms with Gasteiger partial charge >= 0.3 is 0 Å². The van der Waals surface area contributed by atoms with E-state index in [9.17, 15) is 19.6 Å². The first-order chi connectivity index (χ1) is 10.5. The number of nitriles is 1. The highest BCUT2D eigenvalue weighted by atomic mass is 19.1. The monoisotopic (exact) mass is 296 g/mol. The van der Waals surface area contributed by atoms with Crippen LogP contribution < -0.4 is 4.90 Å². The van der Waals surface area contributed by atoms with Crippen molar-refractivity contribution in [1.82, 2.24) is 0 Å². The lowest BCUT2D eigenvalue weighted by atomic mass is 9.79. The van der Waals surface area contributed by atoms with E-state index in [-0.39, 0.29) is 5.56 Å². The number of aliphatic hydroxyl groups is 1. The van der Waals surface area contributed by atoms with E-state index < -0.39 is 23.2 Å². The van der Waals surface area contributed by atoms with Crippen LogP contribution in [0.1, 0.15) is 17.0 Å². The number of benzene rings is 2. The molecule has 4 nitrogen and oxygen atoms in total. The van der Waals surface area contributed by atoms with E-state index in [1.54, 1.807) is 30.3 Å². The van der Waals surface area contributed by atoms with Gasteiger partial charge in [-0.2, -0.15) is 5.26 Å². The maximum atomic E-state index is 13.6. The molecule has 0 aliphatic carbocycles. The van der Waals surface area contributed by atoms with Crippen molar-refractivity contribution in [2.75, 3.05) is 11.9 Å². The highest BCUT2D eigenvalue weighted by Crippen LogP contribution is 2.47. The third-order valence-electron chi connectivity index (χ3n) is 4.04. The number of hydrogen-bond acceptors (Lipinski definition) is 3. The average Bonchev–Trinajstić information content (AvgIpc) is 2.71. The first-order valence-electron chi connectivity index (χ1n) is 6.75. The topological polar surface area (TPSA) is 64.3 Å². The minimum atomic E-state index is -2.09. The molecule has 3 rings (SSSR count). The fraction of sp³-hybridized carbons (Fsp3) is 0.176. The summed E-state index contributed by atoms with van der Waals surface area (Å²) in [6.45, 7) is 0. The molecule has 0 spiro atoms. The third kappa shape index (κ3) is 1.81. The molecule has 2 aromatic carbocycles. The second-order valence-electron chi connectivity index (χ2n) is 5.26. The maximum absolute atomic E-state index is 13.6. The molecule has 1 N–H and O–H groups in total. The fourth-order valence-electron chi connectivity index (χ4n) is 2.92. The van der Waals surface area contributed by atoms with Crippen LogP contribution in [0.5, 0.6) is 0 Å². The van der Waals surface area contributed by atoms with Crippen LogP contribution in [-0.4, -0.2) is 18.1 Å². The molecule has 5 heteroatoms. The van der Waals surface area contributed by atoms with E-state index in [0.29, 0.717) is 11.3 Å². The summed E-state index contributed by atoms with van der Waals surface area (Å²) < 4.78 is 13.6. The number of likely N-dealkylation sites (N-methyl/N-ethyl adjacent to an activating group) is 1. The van der Waals surface area contributed by atoms with E-state index in [2.05, 4.69) is 0 Å². The lowest BCUT2D eigenvalue weighted by Crippen LogP contribution is -2.43. The van der Waals surface area contributed by atoms with Crippen LogP contribution in [0.2, 0.25) is 0 Å². The van der Waals surface area contributed by atoms with Crippen molar-refractivity contribution in [3.8, 4) is 6.07 Å². The van der Waals surface area contributed by atoms with Crippen molar-refractivity contribution in [2.45, 2.75) is 11.5 Å². The SMILES string of the molecule is CN1C(=O)[C@](O)([C@H](C#N)c2ccccc2)c2cc(F)ccc21. The molecular weight excluding hydrogens is 283 g/mol. The van der Waals surface area contributed by atoms with Gasteiger partial charge in [0.25, 0.3) is 5.91 Å². The summed E-state index contributed by atoms with van der Waals surface area (Å²) in [6.07, 6.45) is 0. The number of halogens is 1. The number of carbonyl (C=O) groups is 1. The molecule has 0 saturated carbocycles. The van der Waals surface area contributed by atoms with E-state index in [4.69, 9.17) is 0 Å². The van der Waals surface area contributed by atoms with Gasteiger partial charge in [0.2, 0.25) is 0 Å². The van der Waals surface area contributed by atoms with Gasteiger partial charge in [0.05, 0.1) is 11.8 Å². The summed E-state index contributed by atoms with van der Waals surface area (Å²) >= 11 is 0. The lowest BCUT2D eigenvalue weighted by molar-refractivity contribution is -0.136. The van der Waals surface area contributed by atoms with Gasteiger partial charge in [0.1, 0.15) is 11.7 Å². The average molecular weight is 296 g/mol. The second kappa shape index (κ2) is 4.93. The van der Waals surface area contributed by atoms with Gasteiger partial charge in [-0.05, 0) is 23.8 Å². The number of nitrogens with zero attached hydrogens (tertiary/aromatic N) is 2. The number of amides is 1. The van der Waals surface area contributed by atoms with Crippen LogP contribution >= 0.6 is 0 Å². The van der Waals surface area contributed by atoms with Crippen molar-refractivity contribution in [3.05, 3.63) is 65.5 Å². The molecule has 2 atom stereocenters. The summed E-state index contributed by atoms with van der Waals surface area (Å²) in [7, 11) is 1.50. The third-order valence-corrected chi connectivity index (χ3v) is 4.04. The molecule has 22 heavy (non-hydrogen) atoms. The Labute approximate surface area is 127 Å². The van der Waals surface area contributed by atoms with E-state index in [1.165, 1.54) is 24.1 Å². The van der Waals surface area contributed by atoms with Gasteiger partial charge in [-0.3, -0.25) is 4.79 Å². The number of fused-ring (bicyclic) bond motifs is 1. The van der Waals surface area contributed by atoms with Gasteiger partial charge in [-0.25, -0.2) is 4.39 Å². The predicted molar refractivity (Wildman–Crippen MR) is 78.5 cm³/mol. The summed E-state index contributed by atoms with van der Waals surface area (Å²) in [5.74, 6) is -2.32. The van der Waals surface area contributed by atoms with Gasteiger partial charge in [0, 0.05) is 12.6 Å². The molecule has 0 unspecified atom stereocenters. The van der Waals surface area contributed by atoms with E-state index >= 15 is 0 Å². The van der Waals surface area contributed by atoms with Crippen LogP contribution in [0.15, 0.2) is 48.5 Å². The Balaban J connectivity index is 2.23.